The van der Waals surface area contributed by atoms with E-state index in [1.807, 2.05) is 0 Å². The number of fused-ring (bicyclic) bond motifs is 1. The molecule has 1 aromatic carbocycles. The van der Waals surface area contributed by atoms with Crippen molar-refractivity contribution in [1.29, 1.82) is 0 Å². The van der Waals surface area contributed by atoms with Crippen LogP contribution in [0.3, 0.4) is 0 Å². The zero-order valence-electron chi connectivity index (χ0n) is 13.9. The summed E-state index contributed by atoms with van der Waals surface area (Å²) < 4.78 is 46.1. The van der Waals surface area contributed by atoms with Crippen LogP contribution in [-0.2, 0) is 22.3 Å². The molecule has 3 rings (SSSR count). The standard InChI is InChI=1S/C17H20F3N3O2/c1-25-11-15(24)22-8-6-12(7-9-22)10-23-14-5-3-2-4-13(14)21-16(23)17(18,19)20/h2-5,12H,6-11H2,1H3. The number of methoxy groups -OCH3 is 1. The smallest absolute Gasteiger partial charge is 0.375 e. The Bertz CT molecular complexity index is 749. The highest BCUT2D eigenvalue weighted by Crippen LogP contribution is 2.33. The van der Waals surface area contributed by atoms with E-state index in [1.165, 1.54) is 11.7 Å². The molecule has 2 heterocycles. The third kappa shape index (κ3) is 3.78. The number of amides is 1. The molecule has 5 nitrogen and oxygen atoms in total. The summed E-state index contributed by atoms with van der Waals surface area (Å²) in [5.74, 6) is -0.859. The number of likely N-dealkylation sites (tertiary alicyclic amines) is 1. The van der Waals surface area contributed by atoms with E-state index in [-0.39, 0.29) is 25.0 Å². The average Bonchev–Trinajstić information content (AvgIpc) is 2.95. The van der Waals surface area contributed by atoms with Crippen molar-refractivity contribution in [1.82, 2.24) is 14.5 Å². The summed E-state index contributed by atoms with van der Waals surface area (Å²) >= 11 is 0. The lowest BCUT2D eigenvalue weighted by Gasteiger charge is -2.32. The fraction of sp³-hybridized carbons (Fsp3) is 0.529. The highest BCUT2D eigenvalue weighted by atomic mass is 19.4. The molecule has 25 heavy (non-hydrogen) atoms. The first-order valence-corrected chi connectivity index (χ1v) is 8.19. The minimum absolute atomic E-state index is 0.0368. The summed E-state index contributed by atoms with van der Waals surface area (Å²) in [6.45, 7) is 1.37. The molecule has 1 aliphatic rings. The van der Waals surface area contributed by atoms with Crippen LogP contribution in [0.25, 0.3) is 11.0 Å². The number of carbonyl (C=O) groups is 1. The number of ether oxygens (including phenoxy) is 1. The van der Waals surface area contributed by atoms with Crippen molar-refractivity contribution in [3.63, 3.8) is 0 Å². The maximum Gasteiger partial charge on any atom is 0.449 e. The van der Waals surface area contributed by atoms with Gasteiger partial charge in [0.05, 0.1) is 11.0 Å². The Morgan fingerprint density at radius 1 is 1.28 bits per heavy atom. The summed E-state index contributed by atoms with van der Waals surface area (Å²) in [5.41, 5.74) is 0.843. The van der Waals surface area contributed by atoms with Crippen molar-refractivity contribution in [3.05, 3.63) is 30.1 Å². The van der Waals surface area contributed by atoms with E-state index in [9.17, 15) is 18.0 Å². The number of hydrogen-bond donors (Lipinski definition) is 0. The third-order valence-electron chi connectivity index (χ3n) is 4.58. The van der Waals surface area contributed by atoms with Gasteiger partial charge in [-0.1, -0.05) is 12.1 Å². The molecule has 1 aliphatic heterocycles. The quantitative estimate of drug-likeness (QED) is 0.847. The van der Waals surface area contributed by atoms with E-state index in [1.54, 1.807) is 29.2 Å². The van der Waals surface area contributed by atoms with Gasteiger partial charge in [-0.25, -0.2) is 4.98 Å². The highest BCUT2D eigenvalue weighted by molar-refractivity contribution is 5.77. The Balaban J connectivity index is 1.77. The van der Waals surface area contributed by atoms with Crippen molar-refractivity contribution in [2.24, 2.45) is 5.92 Å². The second-order valence-corrected chi connectivity index (χ2v) is 6.29. The highest BCUT2D eigenvalue weighted by Gasteiger charge is 2.38. The largest absolute Gasteiger partial charge is 0.449 e. The van der Waals surface area contributed by atoms with Crippen LogP contribution in [-0.4, -0.2) is 47.2 Å². The molecule has 0 radical (unpaired) electrons. The molecular weight excluding hydrogens is 335 g/mol. The van der Waals surface area contributed by atoms with Gasteiger partial charge in [0.25, 0.3) is 0 Å². The van der Waals surface area contributed by atoms with Crippen LogP contribution in [0.2, 0.25) is 0 Å². The first-order valence-electron chi connectivity index (χ1n) is 8.19. The van der Waals surface area contributed by atoms with Crippen LogP contribution >= 0.6 is 0 Å². The molecule has 0 saturated carbocycles. The summed E-state index contributed by atoms with van der Waals surface area (Å²) in [6.07, 6.45) is -3.16. The molecule has 2 aromatic rings. The van der Waals surface area contributed by atoms with Crippen LogP contribution in [0.1, 0.15) is 18.7 Å². The molecule has 1 aromatic heterocycles. The molecule has 1 saturated heterocycles. The van der Waals surface area contributed by atoms with Gasteiger partial charge in [0, 0.05) is 26.7 Å². The number of halogens is 3. The summed E-state index contributed by atoms with van der Waals surface area (Å²) in [4.78, 5) is 17.3. The SMILES string of the molecule is COCC(=O)N1CCC(Cn2c(C(F)(F)F)nc3ccccc32)CC1. The third-order valence-corrected chi connectivity index (χ3v) is 4.58. The summed E-state index contributed by atoms with van der Waals surface area (Å²) in [5, 5.41) is 0. The number of benzene rings is 1. The van der Waals surface area contributed by atoms with Crippen molar-refractivity contribution in [2.45, 2.75) is 25.6 Å². The fourth-order valence-electron chi connectivity index (χ4n) is 3.31. The Kier molecular flexibility index (Phi) is 4.99. The predicted octanol–water partition coefficient (Wildman–Crippen LogP) is 2.94. The number of imidazole rings is 1. The number of para-hydroxylation sites is 2. The van der Waals surface area contributed by atoms with Gasteiger partial charge < -0.3 is 14.2 Å². The van der Waals surface area contributed by atoms with Crippen LogP contribution in [0.15, 0.2) is 24.3 Å². The lowest BCUT2D eigenvalue weighted by molar-refractivity contribution is -0.147. The zero-order chi connectivity index (χ0) is 18.0. The number of nitrogens with zero attached hydrogens (tertiary/aromatic N) is 3. The molecule has 1 amide bonds. The topological polar surface area (TPSA) is 47.4 Å². The van der Waals surface area contributed by atoms with Gasteiger partial charge in [-0.05, 0) is 30.9 Å². The molecule has 8 heteroatoms. The first kappa shape index (κ1) is 17.7. The van der Waals surface area contributed by atoms with Crippen LogP contribution < -0.4 is 0 Å². The number of hydrogen-bond acceptors (Lipinski definition) is 3. The minimum atomic E-state index is -4.49. The van der Waals surface area contributed by atoms with Crippen molar-refractivity contribution in [3.8, 4) is 0 Å². The Hall–Kier alpha value is -2.09. The Morgan fingerprint density at radius 3 is 2.60 bits per heavy atom. The van der Waals surface area contributed by atoms with E-state index in [0.717, 1.165) is 0 Å². The van der Waals surface area contributed by atoms with Gasteiger partial charge >= 0.3 is 6.18 Å². The van der Waals surface area contributed by atoms with Gasteiger partial charge in [-0.15, -0.1) is 0 Å². The molecule has 0 spiro atoms. The molecule has 0 unspecified atom stereocenters. The fourth-order valence-corrected chi connectivity index (χ4v) is 3.31. The van der Waals surface area contributed by atoms with E-state index < -0.39 is 12.0 Å². The van der Waals surface area contributed by atoms with Crippen LogP contribution in [0, 0.1) is 5.92 Å². The zero-order valence-corrected chi connectivity index (χ0v) is 13.9. The number of alkyl halides is 3. The maximum atomic E-state index is 13.3. The summed E-state index contributed by atoms with van der Waals surface area (Å²) in [6, 6.07) is 6.65. The number of aromatic nitrogens is 2. The Morgan fingerprint density at radius 2 is 1.96 bits per heavy atom. The van der Waals surface area contributed by atoms with Gasteiger partial charge in [-0.2, -0.15) is 13.2 Å². The van der Waals surface area contributed by atoms with Gasteiger partial charge in [0.1, 0.15) is 6.61 Å². The number of carbonyl (C=O) groups excluding carboxylic acids is 1. The molecule has 1 fully saturated rings. The molecule has 0 N–H and O–H groups in total. The van der Waals surface area contributed by atoms with E-state index >= 15 is 0 Å². The van der Waals surface area contributed by atoms with E-state index in [2.05, 4.69) is 4.98 Å². The lowest BCUT2D eigenvalue weighted by atomic mass is 9.96. The van der Waals surface area contributed by atoms with E-state index in [4.69, 9.17) is 4.74 Å². The molecule has 136 valence electrons. The van der Waals surface area contributed by atoms with Crippen molar-refractivity contribution >= 4 is 16.9 Å². The normalized spacial score (nSPS) is 16.6. The molecule has 0 atom stereocenters. The average molecular weight is 355 g/mol. The Labute approximate surface area is 143 Å². The first-order chi connectivity index (χ1) is 11.9. The van der Waals surface area contributed by atoms with Crippen LogP contribution in [0.4, 0.5) is 13.2 Å². The van der Waals surface area contributed by atoms with Crippen molar-refractivity contribution in [2.75, 3.05) is 26.8 Å². The lowest BCUT2D eigenvalue weighted by Crippen LogP contribution is -2.41. The monoisotopic (exact) mass is 355 g/mol. The van der Waals surface area contributed by atoms with Crippen molar-refractivity contribution < 1.29 is 22.7 Å². The number of piperidine rings is 1. The maximum absolute atomic E-state index is 13.3. The van der Waals surface area contributed by atoms with Crippen LogP contribution in [0.5, 0.6) is 0 Å². The molecular formula is C17H20F3N3O2. The van der Waals surface area contributed by atoms with E-state index in [0.29, 0.717) is 37.0 Å². The molecule has 0 bridgehead atoms. The summed E-state index contributed by atoms with van der Waals surface area (Å²) in [7, 11) is 1.47. The van der Waals surface area contributed by atoms with Gasteiger partial charge in [-0.3, -0.25) is 4.79 Å². The van der Waals surface area contributed by atoms with Gasteiger partial charge in [0.2, 0.25) is 11.7 Å². The van der Waals surface area contributed by atoms with Gasteiger partial charge in [0.15, 0.2) is 0 Å². The molecule has 0 aliphatic carbocycles. The predicted molar refractivity (Wildman–Crippen MR) is 85.9 cm³/mol. The minimum Gasteiger partial charge on any atom is -0.375 e. The second kappa shape index (κ2) is 7.03. The number of rotatable bonds is 4. The second-order valence-electron chi connectivity index (χ2n) is 6.29.